The first-order valence-electron chi connectivity index (χ1n) is 7.05. The van der Waals surface area contributed by atoms with Crippen LogP contribution in [0.2, 0.25) is 0 Å². The van der Waals surface area contributed by atoms with Crippen molar-refractivity contribution in [3.05, 3.63) is 59.1 Å². The number of aryl methyl sites for hydroxylation is 1. The van der Waals surface area contributed by atoms with Gasteiger partial charge in [0.15, 0.2) is 0 Å². The number of cyclic esters (lactones) is 1. The normalized spacial score (nSPS) is 15.5. The Bertz CT molecular complexity index is 811. The van der Waals surface area contributed by atoms with E-state index in [2.05, 4.69) is 0 Å². The Balaban J connectivity index is 2.00. The van der Waals surface area contributed by atoms with Crippen molar-refractivity contribution >= 4 is 17.8 Å². The standard InChI is InChI=1S/C18H16O5/c1-11-4-5-14(22-11)8-12-9-17(23-18(12)19)15-10-13(20-2)6-7-16(15)21-3/h4-10H,1-3H3/b12-8+. The van der Waals surface area contributed by atoms with Crippen LogP contribution in [0.3, 0.4) is 0 Å². The Kier molecular flexibility index (Phi) is 3.93. The van der Waals surface area contributed by atoms with Crippen molar-refractivity contribution in [1.82, 2.24) is 0 Å². The van der Waals surface area contributed by atoms with Crippen molar-refractivity contribution in [1.29, 1.82) is 0 Å². The van der Waals surface area contributed by atoms with E-state index in [1.807, 2.05) is 13.0 Å². The maximum atomic E-state index is 12.1. The van der Waals surface area contributed by atoms with E-state index in [1.165, 1.54) is 0 Å². The number of methoxy groups -OCH3 is 2. The van der Waals surface area contributed by atoms with E-state index in [0.717, 1.165) is 5.76 Å². The summed E-state index contributed by atoms with van der Waals surface area (Å²) in [5, 5.41) is 0. The summed E-state index contributed by atoms with van der Waals surface area (Å²) in [5.74, 6) is 2.61. The number of benzene rings is 1. The molecule has 0 saturated carbocycles. The Labute approximate surface area is 133 Å². The van der Waals surface area contributed by atoms with Gasteiger partial charge in [-0.3, -0.25) is 0 Å². The topological polar surface area (TPSA) is 57.9 Å². The molecule has 3 rings (SSSR count). The van der Waals surface area contributed by atoms with Gasteiger partial charge in [-0.05, 0) is 49.4 Å². The molecule has 0 aliphatic carbocycles. The molecule has 0 fully saturated rings. The van der Waals surface area contributed by atoms with E-state index in [0.29, 0.717) is 34.2 Å². The highest BCUT2D eigenvalue weighted by Crippen LogP contribution is 2.35. The lowest BCUT2D eigenvalue weighted by Gasteiger charge is -2.10. The highest BCUT2D eigenvalue weighted by Gasteiger charge is 2.25. The van der Waals surface area contributed by atoms with Gasteiger partial charge in [-0.25, -0.2) is 4.79 Å². The van der Waals surface area contributed by atoms with Crippen molar-refractivity contribution in [3.63, 3.8) is 0 Å². The molecule has 1 aliphatic rings. The van der Waals surface area contributed by atoms with Gasteiger partial charge in [0.25, 0.3) is 0 Å². The lowest BCUT2D eigenvalue weighted by Crippen LogP contribution is -1.98. The molecule has 1 aromatic heterocycles. The first kappa shape index (κ1) is 15.0. The summed E-state index contributed by atoms with van der Waals surface area (Å²) in [7, 11) is 3.14. The number of carbonyl (C=O) groups excluding carboxylic acids is 1. The van der Waals surface area contributed by atoms with Gasteiger partial charge in [-0.1, -0.05) is 0 Å². The van der Waals surface area contributed by atoms with Gasteiger partial charge < -0.3 is 18.6 Å². The van der Waals surface area contributed by atoms with Crippen molar-refractivity contribution in [2.45, 2.75) is 6.92 Å². The number of hydrogen-bond acceptors (Lipinski definition) is 5. The highest BCUT2D eigenvalue weighted by atomic mass is 16.5. The zero-order chi connectivity index (χ0) is 16.4. The van der Waals surface area contributed by atoms with Gasteiger partial charge in [0.05, 0.1) is 25.4 Å². The molecule has 23 heavy (non-hydrogen) atoms. The molecular weight excluding hydrogens is 296 g/mol. The van der Waals surface area contributed by atoms with Crippen LogP contribution in [0.5, 0.6) is 11.5 Å². The van der Waals surface area contributed by atoms with E-state index < -0.39 is 5.97 Å². The first-order chi connectivity index (χ1) is 11.1. The van der Waals surface area contributed by atoms with Crippen molar-refractivity contribution in [2.24, 2.45) is 0 Å². The molecular formula is C18H16O5. The average Bonchev–Trinajstić information content (AvgIpc) is 3.13. The molecule has 5 nitrogen and oxygen atoms in total. The molecule has 0 saturated heterocycles. The Morgan fingerprint density at radius 2 is 1.91 bits per heavy atom. The van der Waals surface area contributed by atoms with Crippen LogP contribution in [-0.4, -0.2) is 20.2 Å². The van der Waals surface area contributed by atoms with Crippen molar-refractivity contribution < 1.29 is 23.4 Å². The second kappa shape index (κ2) is 6.04. The molecule has 2 heterocycles. The molecule has 0 N–H and O–H groups in total. The van der Waals surface area contributed by atoms with Crippen LogP contribution in [0.1, 0.15) is 17.1 Å². The number of esters is 1. The van der Waals surface area contributed by atoms with E-state index in [-0.39, 0.29) is 0 Å². The minimum Gasteiger partial charge on any atom is -0.497 e. The molecule has 1 aromatic carbocycles. The van der Waals surface area contributed by atoms with Crippen LogP contribution < -0.4 is 9.47 Å². The maximum Gasteiger partial charge on any atom is 0.343 e. The summed E-state index contributed by atoms with van der Waals surface area (Å²) in [6.45, 7) is 1.84. The van der Waals surface area contributed by atoms with Gasteiger partial charge >= 0.3 is 5.97 Å². The second-order valence-corrected chi connectivity index (χ2v) is 5.01. The third-order valence-corrected chi connectivity index (χ3v) is 3.46. The minimum atomic E-state index is -0.432. The molecule has 5 heteroatoms. The molecule has 1 aliphatic heterocycles. The first-order valence-corrected chi connectivity index (χ1v) is 7.05. The second-order valence-electron chi connectivity index (χ2n) is 5.01. The van der Waals surface area contributed by atoms with Crippen LogP contribution in [0.25, 0.3) is 11.8 Å². The minimum absolute atomic E-state index is 0.416. The summed E-state index contributed by atoms with van der Waals surface area (Å²) in [5.41, 5.74) is 1.07. The fraction of sp³-hybridized carbons (Fsp3) is 0.167. The predicted octanol–water partition coefficient (Wildman–Crippen LogP) is 3.59. The molecule has 0 radical (unpaired) electrons. The predicted molar refractivity (Wildman–Crippen MR) is 85.0 cm³/mol. The molecule has 0 bridgehead atoms. The molecule has 2 aromatic rings. The van der Waals surface area contributed by atoms with E-state index >= 15 is 0 Å². The Morgan fingerprint density at radius 3 is 2.57 bits per heavy atom. The molecule has 0 spiro atoms. The smallest absolute Gasteiger partial charge is 0.343 e. The van der Waals surface area contributed by atoms with Crippen LogP contribution in [0, 0.1) is 6.92 Å². The van der Waals surface area contributed by atoms with Crippen LogP contribution >= 0.6 is 0 Å². The summed E-state index contributed by atoms with van der Waals surface area (Å²) in [6.07, 6.45) is 3.31. The third kappa shape index (κ3) is 2.99. The van der Waals surface area contributed by atoms with Crippen molar-refractivity contribution in [2.75, 3.05) is 14.2 Å². The fourth-order valence-corrected chi connectivity index (χ4v) is 2.31. The molecule has 0 atom stereocenters. The van der Waals surface area contributed by atoms with Gasteiger partial charge in [0.1, 0.15) is 28.8 Å². The van der Waals surface area contributed by atoms with E-state index in [9.17, 15) is 4.79 Å². The zero-order valence-corrected chi connectivity index (χ0v) is 13.1. The van der Waals surface area contributed by atoms with Crippen LogP contribution in [0.4, 0.5) is 0 Å². The van der Waals surface area contributed by atoms with E-state index in [4.69, 9.17) is 18.6 Å². The summed E-state index contributed by atoms with van der Waals surface area (Å²) >= 11 is 0. The Morgan fingerprint density at radius 1 is 1.09 bits per heavy atom. The number of rotatable bonds is 4. The van der Waals surface area contributed by atoms with Crippen molar-refractivity contribution in [3.8, 4) is 11.5 Å². The zero-order valence-electron chi connectivity index (χ0n) is 13.1. The SMILES string of the molecule is COc1ccc(OC)c(C2=C/C(=C\c3ccc(C)o3)C(=O)O2)c1. The number of hydrogen-bond donors (Lipinski definition) is 0. The number of carbonyl (C=O) groups is 1. The van der Waals surface area contributed by atoms with Gasteiger partial charge in [0.2, 0.25) is 0 Å². The average molecular weight is 312 g/mol. The summed E-state index contributed by atoms with van der Waals surface area (Å²) in [4.78, 5) is 12.1. The van der Waals surface area contributed by atoms with E-state index in [1.54, 1.807) is 50.6 Å². The molecule has 118 valence electrons. The lowest BCUT2D eigenvalue weighted by molar-refractivity contribution is -0.130. The fourth-order valence-electron chi connectivity index (χ4n) is 2.31. The van der Waals surface area contributed by atoms with Gasteiger partial charge in [-0.2, -0.15) is 0 Å². The third-order valence-electron chi connectivity index (χ3n) is 3.46. The molecule has 0 amide bonds. The summed E-state index contributed by atoms with van der Waals surface area (Å²) in [6, 6.07) is 8.94. The maximum absolute atomic E-state index is 12.1. The number of ether oxygens (including phenoxy) is 3. The van der Waals surface area contributed by atoms with Gasteiger partial charge in [0, 0.05) is 0 Å². The van der Waals surface area contributed by atoms with Crippen LogP contribution in [0.15, 0.2) is 46.4 Å². The number of furan rings is 1. The highest BCUT2D eigenvalue weighted by molar-refractivity contribution is 6.05. The monoisotopic (exact) mass is 312 g/mol. The Hall–Kier alpha value is -2.95. The van der Waals surface area contributed by atoms with Crippen LogP contribution in [-0.2, 0) is 9.53 Å². The lowest BCUT2D eigenvalue weighted by atomic mass is 10.1. The summed E-state index contributed by atoms with van der Waals surface area (Å²) < 4.78 is 21.4. The largest absolute Gasteiger partial charge is 0.497 e. The molecule has 0 unspecified atom stereocenters. The quantitative estimate of drug-likeness (QED) is 0.638. The van der Waals surface area contributed by atoms with Gasteiger partial charge in [-0.15, -0.1) is 0 Å².